The van der Waals surface area contributed by atoms with Crippen molar-refractivity contribution in [1.82, 2.24) is 5.48 Å². The number of aliphatic hydroxyl groups excluding tert-OH is 1. The Balaban J connectivity index is 2.37. The fraction of sp³-hybridized carbons (Fsp3) is 0.533. The molecular weight excluding hydrogens is 242 g/mol. The van der Waals surface area contributed by atoms with Crippen molar-refractivity contribution in [3.8, 4) is 0 Å². The Labute approximate surface area is 113 Å². The summed E-state index contributed by atoms with van der Waals surface area (Å²) in [5, 5.41) is 10.0. The number of hydroxylamine groups is 1. The fourth-order valence-corrected chi connectivity index (χ4v) is 2.64. The van der Waals surface area contributed by atoms with Crippen LogP contribution in [0.25, 0.3) is 0 Å². The maximum absolute atomic E-state index is 12.0. The van der Waals surface area contributed by atoms with E-state index in [1.165, 1.54) is 7.11 Å². The molecule has 1 atom stereocenters. The van der Waals surface area contributed by atoms with Crippen molar-refractivity contribution in [2.45, 2.75) is 45.1 Å². The van der Waals surface area contributed by atoms with Crippen LogP contribution < -0.4 is 5.48 Å². The van der Waals surface area contributed by atoms with E-state index in [0.717, 1.165) is 42.4 Å². The molecule has 0 spiro atoms. The van der Waals surface area contributed by atoms with Gasteiger partial charge in [0.1, 0.15) is 0 Å². The Kier molecular flexibility index (Phi) is 4.56. The SMILES string of the molecule is CCCCc1cc(C(=O)NOC)c2c(c1)C(O)CC2. The lowest BCUT2D eigenvalue weighted by molar-refractivity contribution is 0.0536. The van der Waals surface area contributed by atoms with Gasteiger partial charge < -0.3 is 5.11 Å². The van der Waals surface area contributed by atoms with Crippen LogP contribution in [0.2, 0.25) is 0 Å². The molecule has 0 fully saturated rings. The number of hydrogen-bond acceptors (Lipinski definition) is 3. The Hall–Kier alpha value is -1.39. The zero-order valence-corrected chi connectivity index (χ0v) is 11.5. The molecule has 1 aromatic rings. The van der Waals surface area contributed by atoms with Crippen molar-refractivity contribution < 1.29 is 14.7 Å². The monoisotopic (exact) mass is 263 g/mol. The van der Waals surface area contributed by atoms with E-state index in [0.29, 0.717) is 12.0 Å². The molecule has 0 bridgehead atoms. The van der Waals surface area contributed by atoms with Gasteiger partial charge >= 0.3 is 0 Å². The number of benzene rings is 1. The number of aliphatic hydroxyl groups is 1. The van der Waals surface area contributed by atoms with E-state index >= 15 is 0 Å². The molecule has 0 saturated carbocycles. The maximum atomic E-state index is 12.0. The number of nitrogens with one attached hydrogen (secondary N) is 1. The lowest BCUT2D eigenvalue weighted by Gasteiger charge is -2.12. The van der Waals surface area contributed by atoms with Crippen molar-refractivity contribution in [2.75, 3.05) is 7.11 Å². The molecule has 0 aliphatic heterocycles. The lowest BCUT2D eigenvalue weighted by atomic mass is 9.96. The maximum Gasteiger partial charge on any atom is 0.275 e. The number of fused-ring (bicyclic) bond motifs is 1. The van der Waals surface area contributed by atoms with E-state index in [1.807, 2.05) is 12.1 Å². The zero-order valence-electron chi connectivity index (χ0n) is 11.5. The van der Waals surface area contributed by atoms with Gasteiger partial charge in [0.2, 0.25) is 0 Å². The molecule has 0 saturated heterocycles. The van der Waals surface area contributed by atoms with E-state index < -0.39 is 6.10 Å². The topological polar surface area (TPSA) is 58.6 Å². The summed E-state index contributed by atoms with van der Waals surface area (Å²) >= 11 is 0. The Morgan fingerprint density at radius 2 is 2.32 bits per heavy atom. The summed E-state index contributed by atoms with van der Waals surface area (Å²) < 4.78 is 0. The normalized spacial score (nSPS) is 17.3. The lowest BCUT2D eigenvalue weighted by Crippen LogP contribution is -2.23. The third-order valence-corrected chi connectivity index (χ3v) is 3.63. The molecule has 1 aliphatic carbocycles. The minimum absolute atomic E-state index is 0.230. The predicted octanol–water partition coefficient (Wildman–Crippen LogP) is 2.30. The van der Waals surface area contributed by atoms with Crippen molar-refractivity contribution in [3.63, 3.8) is 0 Å². The Bertz CT molecular complexity index is 471. The highest BCUT2D eigenvalue weighted by Gasteiger charge is 2.26. The average molecular weight is 263 g/mol. The van der Waals surface area contributed by atoms with Gasteiger partial charge in [-0.2, -0.15) is 0 Å². The smallest absolute Gasteiger partial charge is 0.275 e. The molecule has 19 heavy (non-hydrogen) atoms. The van der Waals surface area contributed by atoms with E-state index in [-0.39, 0.29) is 5.91 Å². The Morgan fingerprint density at radius 3 is 3.00 bits per heavy atom. The van der Waals surface area contributed by atoms with Crippen LogP contribution in [0.15, 0.2) is 12.1 Å². The molecule has 2 rings (SSSR count). The van der Waals surface area contributed by atoms with Gasteiger partial charge in [-0.3, -0.25) is 9.63 Å². The second kappa shape index (κ2) is 6.17. The van der Waals surface area contributed by atoms with E-state index in [2.05, 4.69) is 12.4 Å². The van der Waals surface area contributed by atoms with Crippen molar-refractivity contribution in [1.29, 1.82) is 0 Å². The van der Waals surface area contributed by atoms with E-state index in [1.54, 1.807) is 0 Å². The number of rotatable bonds is 5. The molecular formula is C15H21NO3. The third kappa shape index (κ3) is 2.96. The van der Waals surface area contributed by atoms with Crippen LogP contribution in [-0.4, -0.2) is 18.1 Å². The molecule has 0 aromatic heterocycles. The van der Waals surface area contributed by atoms with E-state index in [4.69, 9.17) is 4.84 Å². The van der Waals surface area contributed by atoms with Crippen molar-refractivity contribution in [3.05, 3.63) is 34.4 Å². The summed E-state index contributed by atoms with van der Waals surface area (Å²) in [6.07, 6.45) is 4.13. The van der Waals surface area contributed by atoms with Gasteiger partial charge in [0.15, 0.2) is 0 Å². The van der Waals surface area contributed by atoms with Crippen LogP contribution in [0.4, 0.5) is 0 Å². The van der Waals surface area contributed by atoms with Gasteiger partial charge in [0.05, 0.1) is 13.2 Å². The molecule has 4 heteroatoms. The summed E-state index contributed by atoms with van der Waals surface area (Å²) in [5.74, 6) is -0.230. The number of unbranched alkanes of at least 4 members (excludes halogenated alkanes) is 1. The van der Waals surface area contributed by atoms with Gasteiger partial charge in [0.25, 0.3) is 5.91 Å². The standard InChI is InChI=1S/C15H21NO3/c1-3-4-5-10-8-12-11(6-7-14(12)17)13(9-10)15(18)16-19-2/h8-9,14,17H,3-7H2,1-2H3,(H,16,18). The van der Waals surface area contributed by atoms with E-state index in [9.17, 15) is 9.90 Å². The number of aryl methyl sites for hydroxylation is 1. The summed E-state index contributed by atoms with van der Waals surface area (Å²) in [5.41, 5.74) is 6.00. The molecule has 0 heterocycles. The van der Waals surface area contributed by atoms with Gasteiger partial charge in [-0.25, -0.2) is 5.48 Å². The Morgan fingerprint density at radius 1 is 1.53 bits per heavy atom. The molecule has 0 radical (unpaired) electrons. The first-order valence-corrected chi connectivity index (χ1v) is 6.84. The van der Waals surface area contributed by atoms with Crippen LogP contribution in [0.3, 0.4) is 0 Å². The number of hydrogen-bond donors (Lipinski definition) is 2. The quantitative estimate of drug-likeness (QED) is 0.801. The fourth-order valence-electron chi connectivity index (χ4n) is 2.64. The van der Waals surface area contributed by atoms with Crippen LogP contribution >= 0.6 is 0 Å². The summed E-state index contributed by atoms with van der Waals surface area (Å²) in [6.45, 7) is 2.14. The highest BCUT2D eigenvalue weighted by molar-refractivity contribution is 5.95. The first-order valence-electron chi connectivity index (χ1n) is 6.84. The second-order valence-electron chi connectivity index (χ2n) is 5.00. The summed E-state index contributed by atoms with van der Waals surface area (Å²) in [7, 11) is 1.42. The molecule has 2 N–H and O–H groups in total. The molecule has 1 unspecified atom stereocenters. The van der Waals surface area contributed by atoms with Gasteiger partial charge in [-0.15, -0.1) is 0 Å². The molecule has 1 aromatic carbocycles. The van der Waals surface area contributed by atoms with Crippen LogP contribution in [0.1, 0.15) is 59.3 Å². The summed E-state index contributed by atoms with van der Waals surface area (Å²) in [4.78, 5) is 16.7. The zero-order chi connectivity index (χ0) is 13.8. The predicted molar refractivity (Wildman–Crippen MR) is 72.8 cm³/mol. The summed E-state index contributed by atoms with van der Waals surface area (Å²) in [6, 6.07) is 3.98. The van der Waals surface area contributed by atoms with Crippen molar-refractivity contribution in [2.24, 2.45) is 0 Å². The minimum Gasteiger partial charge on any atom is -0.388 e. The number of amides is 1. The molecule has 1 aliphatic rings. The first kappa shape index (κ1) is 14.0. The number of carbonyl (C=O) groups excluding carboxylic acids is 1. The largest absolute Gasteiger partial charge is 0.388 e. The first-order chi connectivity index (χ1) is 9.17. The third-order valence-electron chi connectivity index (χ3n) is 3.63. The minimum atomic E-state index is -0.439. The van der Waals surface area contributed by atoms with Gasteiger partial charge in [0, 0.05) is 5.56 Å². The highest BCUT2D eigenvalue weighted by atomic mass is 16.6. The van der Waals surface area contributed by atoms with Crippen molar-refractivity contribution >= 4 is 5.91 Å². The van der Waals surface area contributed by atoms with Crippen LogP contribution in [0.5, 0.6) is 0 Å². The molecule has 104 valence electrons. The highest BCUT2D eigenvalue weighted by Crippen LogP contribution is 2.34. The number of carbonyl (C=O) groups is 1. The molecule has 4 nitrogen and oxygen atoms in total. The second-order valence-corrected chi connectivity index (χ2v) is 5.00. The van der Waals surface area contributed by atoms with Gasteiger partial charge in [-0.05, 0) is 48.4 Å². The molecule has 1 amide bonds. The average Bonchev–Trinajstić information content (AvgIpc) is 2.78. The van der Waals surface area contributed by atoms with Crippen LogP contribution in [-0.2, 0) is 17.7 Å². The van der Waals surface area contributed by atoms with Crippen LogP contribution in [0, 0.1) is 0 Å². The van der Waals surface area contributed by atoms with Gasteiger partial charge in [-0.1, -0.05) is 19.4 Å².